The quantitative estimate of drug-likeness (QED) is 0.712. The van der Waals surface area contributed by atoms with Gasteiger partial charge in [0.15, 0.2) is 0 Å². The second-order valence-corrected chi connectivity index (χ2v) is 5.89. The highest BCUT2D eigenvalue weighted by Gasteiger charge is 2.45. The average molecular weight is 299 g/mol. The summed E-state index contributed by atoms with van der Waals surface area (Å²) in [6.07, 6.45) is 1.78. The van der Waals surface area contributed by atoms with Crippen LogP contribution in [-0.4, -0.2) is 66.5 Å². The van der Waals surface area contributed by atoms with Gasteiger partial charge < -0.3 is 20.3 Å². The Labute approximate surface area is 124 Å². The predicted octanol–water partition coefficient (Wildman–Crippen LogP) is -0.240. The number of nitrogens with zero attached hydrogens (tertiary/aromatic N) is 2. The maximum absolute atomic E-state index is 12.9. The molecule has 0 saturated carbocycles. The summed E-state index contributed by atoms with van der Waals surface area (Å²) in [5, 5.41) is 0. The van der Waals surface area contributed by atoms with Gasteiger partial charge in [0.1, 0.15) is 5.41 Å². The van der Waals surface area contributed by atoms with Gasteiger partial charge in [0.05, 0.1) is 11.5 Å². The van der Waals surface area contributed by atoms with Crippen molar-refractivity contribution >= 4 is 29.0 Å². The molecule has 2 aliphatic rings. The van der Waals surface area contributed by atoms with E-state index in [-0.39, 0.29) is 23.3 Å². The number of amides is 2. The third kappa shape index (κ3) is 2.78. The number of rotatable bonds is 2. The third-order valence-corrected chi connectivity index (χ3v) is 4.58. The van der Waals surface area contributed by atoms with Crippen LogP contribution in [0.5, 0.6) is 0 Å². The number of likely N-dealkylation sites (N-methyl/N-ethyl adjacent to an activating group) is 1. The average Bonchev–Trinajstić information content (AvgIpc) is 2.61. The lowest BCUT2D eigenvalue weighted by molar-refractivity contribution is -0.145. The Morgan fingerprint density at radius 1 is 1.35 bits per heavy atom. The molecule has 0 aromatic heterocycles. The van der Waals surface area contributed by atoms with Gasteiger partial charge in [0.25, 0.3) is 0 Å². The van der Waals surface area contributed by atoms with E-state index in [1.54, 1.807) is 16.8 Å². The monoisotopic (exact) mass is 299 g/mol. The van der Waals surface area contributed by atoms with Gasteiger partial charge in [-0.1, -0.05) is 12.2 Å². The molecule has 112 valence electrons. The van der Waals surface area contributed by atoms with E-state index >= 15 is 0 Å². The van der Waals surface area contributed by atoms with Gasteiger partial charge in [-0.05, 0) is 19.3 Å². The van der Waals surface area contributed by atoms with Crippen molar-refractivity contribution in [2.45, 2.75) is 19.3 Å². The third-order valence-electron chi connectivity index (χ3n) is 4.19. The maximum Gasteiger partial charge on any atom is 0.241 e. The van der Waals surface area contributed by atoms with Crippen LogP contribution < -0.4 is 5.73 Å². The van der Waals surface area contributed by atoms with Gasteiger partial charge in [-0.15, -0.1) is 0 Å². The molecule has 2 N–H and O–H groups in total. The van der Waals surface area contributed by atoms with Gasteiger partial charge in [-0.25, -0.2) is 0 Å². The number of carbonyl (C=O) groups excluding carboxylic acids is 2. The lowest BCUT2D eigenvalue weighted by atomic mass is 9.78. The fourth-order valence-electron chi connectivity index (χ4n) is 2.75. The molecular weight excluding hydrogens is 278 g/mol. The minimum Gasteiger partial charge on any atom is -0.392 e. The molecule has 2 rings (SSSR count). The predicted molar refractivity (Wildman–Crippen MR) is 78.1 cm³/mol. The molecule has 0 unspecified atom stereocenters. The Balaban J connectivity index is 2.19. The highest BCUT2D eigenvalue weighted by Crippen LogP contribution is 2.33. The number of thiocarbonyl (C=S) groups is 1. The van der Waals surface area contributed by atoms with E-state index < -0.39 is 5.41 Å². The minimum atomic E-state index is -0.837. The summed E-state index contributed by atoms with van der Waals surface area (Å²) in [7, 11) is 1.76. The summed E-state index contributed by atoms with van der Waals surface area (Å²) >= 11 is 5.14. The molecule has 2 saturated heterocycles. The topological polar surface area (TPSA) is 75.9 Å². The Hall–Kier alpha value is -1.21. The zero-order chi connectivity index (χ0) is 14.8. The summed E-state index contributed by atoms with van der Waals surface area (Å²) in [4.78, 5) is 28.3. The zero-order valence-electron chi connectivity index (χ0n) is 11.8. The maximum atomic E-state index is 12.9. The molecule has 2 fully saturated rings. The van der Waals surface area contributed by atoms with Crippen LogP contribution in [0.4, 0.5) is 0 Å². The molecular formula is C13H21N3O3S. The number of ether oxygens (including phenoxy) is 1. The van der Waals surface area contributed by atoms with Crippen molar-refractivity contribution in [2.24, 2.45) is 11.1 Å². The van der Waals surface area contributed by atoms with E-state index in [0.717, 1.165) is 6.42 Å². The van der Waals surface area contributed by atoms with Crippen LogP contribution in [0.1, 0.15) is 19.3 Å². The molecule has 0 atom stereocenters. The fraction of sp³-hybridized carbons (Fsp3) is 0.769. The molecule has 2 aliphatic heterocycles. The van der Waals surface area contributed by atoms with Crippen molar-refractivity contribution < 1.29 is 14.3 Å². The summed E-state index contributed by atoms with van der Waals surface area (Å²) in [6.45, 7) is 2.31. The van der Waals surface area contributed by atoms with E-state index in [9.17, 15) is 9.59 Å². The lowest BCUT2D eigenvalue weighted by Crippen LogP contribution is -2.54. The molecule has 0 aromatic rings. The first-order valence-electron chi connectivity index (χ1n) is 6.88. The van der Waals surface area contributed by atoms with Crippen LogP contribution >= 0.6 is 12.2 Å². The van der Waals surface area contributed by atoms with E-state index in [1.165, 1.54) is 0 Å². The highest BCUT2D eigenvalue weighted by atomic mass is 32.1. The minimum absolute atomic E-state index is 0.0407. The standard InChI is InChI=1S/C13H21N3O3S/c1-15-5-2-6-16(9-10(15)17)12(18)13(11(14)20)3-7-19-8-4-13/h2-9H2,1H3,(H2,14,20). The molecule has 0 spiro atoms. The summed E-state index contributed by atoms with van der Waals surface area (Å²) < 4.78 is 5.31. The van der Waals surface area contributed by atoms with Crippen molar-refractivity contribution in [3.63, 3.8) is 0 Å². The molecule has 6 nitrogen and oxygen atoms in total. The second-order valence-electron chi connectivity index (χ2n) is 5.45. The second kappa shape index (κ2) is 6.05. The highest BCUT2D eigenvalue weighted by molar-refractivity contribution is 7.80. The van der Waals surface area contributed by atoms with Crippen molar-refractivity contribution in [1.29, 1.82) is 0 Å². The number of nitrogens with two attached hydrogens (primary N) is 1. The summed E-state index contributed by atoms with van der Waals surface area (Å²) in [5.74, 6) is -0.155. The van der Waals surface area contributed by atoms with Crippen molar-refractivity contribution in [3.05, 3.63) is 0 Å². The lowest BCUT2D eigenvalue weighted by Gasteiger charge is -2.38. The first-order chi connectivity index (χ1) is 9.47. The van der Waals surface area contributed by atoms with Crippen molar-refractivity contribution in [2.75, 3.05) is 39.9 Å². The van der Waals surface area contributed by atoms with Crippen LogP contribution in [0.2, 0.25) is 0 Å². The molecule has 0 aliphatic carbocycles. The van der Waals surface area contributed by atoms with Gasteiger partial charge in [-0.3, -0.25) is 9.59 Å². The molecule has 2 heterocycles. The smallest absolute Gasteiger partial charge is 0.241 e. The Morgan fingerprint density at radius 2 is 2.00 bits per heavy atom. The first-order valence-corrected chi connectivity index (χ1v) is 7.29. The van der Waals surface area contributed by atoms with Gasteiger partial charge in [0, 0.05) is 33.4 Å². The SMILES string of the molecule is CN1CCCN(C(=O)C2(C(N)=S)CCOCC2)CC1=O. The molecule has 2 amide bonds. The largest absolute Gasteiger partial charge is 0.392 e. The van der Waals surface area contributed by atoms with E-state index in [2.05, 4.69) is 0 Å². The summed E-state index contributed by atoms with van der Waals surface area (Å²) in [5.41, 5.74) is 5.01. The van der Waals surface area contributed by atoms with Crippen LogP contribution in [0, 0.1) is 5.41 Å². The number of hydrogen-bond donors (Lipinski definition) is 1. The van der Waals surface area contributed by atoms with Crippen molar-refractivity contribution in [3.8, 4) is 0 Å². The Kier molecular flexibility index (Phi) is 4.59. The zero-order valence-corrected chi connectivity index (χ0v) is 12.6. The normalized spacial score (nSPS) is 23.4. The van der Waals surface area contributed by atoms with Crippen LogP contribution in [0.25, 0.3) is 0 Å². The molecule has 20 heavy (non-hydrogen) atoms. The van der Waals surface area contributed by atoms with Gasteiger partial charge >= 0.3 is 0 Å². The number of carbonyl (C=O) groups is 2. The fourth-order valence-corrected chi connectivity index (χ4v) is 3.04. The van der Waals surface area contributed by atoms with Gasteiger partial charge in [0.2, 0.25) is 11.8 Å². The van der Waals surface area contributed by atoms with E-state index in [0.29, 0.717) is 39.1 Å². The molecule has 0 bridgehead atoms. The van der Waals surface area contributed by atoms with Crippen LogP contribution in [0.15, 0.2) is 0 Å². The van der Waals surface area contributed by atoms with E-state index in [1.807, 2.05) is 0 Å². The molecule has 7 heteroatoms. The Morgan fingerprint density at radius 3 is 2.60 bits per heavy atom. The van der Waals surface area contributed by atoms with Crippen LogP contribution in [0.3, 0.4) is 0 Å². The molecule has 0 aromatic carbocycles. The van der Waals surface area contributed by atoms with E-state index in [4.69, 9.17) is 22.7 Å². The van der Waals surface area contributed by atoms with Crippen molar-refractivity contribution in [1.82, 2.24) is 9.80 Å². The Bertz CT molecular complexity index is 421. The number of hydrogen-bond acceptors (Lipinski definition) is 4. The van der Waals surface area contributed by atoms with Crippen LogP contribution in [-0.2, 0) is 14.3 Å². The summed E-state index contributed by atoms with van der Waals surface area (Å²) in [6, 6.07) is 0. The molecule has 0 radical (unpaired) electrons. The van der Waals surface area contributed by atoms with Gasteiger partial charge in [-0.2, -0.15) is 0 Å². The first kappa shape index (κ1) is 15.2.